The first-order valence-corrected chi connectivity index (χ1v) is 6.12. The molecule has 0 fully saturated rings. The Bertz CT molecular complexity index is 641. The van der Waals surface area contributed by atoms with Crippen LogP contribution in [0.25, 0.3) is 0 Å². The molecule has 0 aliphatic carbocycles. The van der Waals surface area contributed by atoms with Crippen LogP contribution in [0.5, 0.6) is 0 Å². The van der Waals surface area contributed by atoms with Gasteiger partial charge in [-0.3, -0.25) is 5.84 Å². The molecular formula is C15H15F3N2. The highest BCUT2D eigenvalue weighted by Crippen LogP contribution is 2.29. The molecule has 0 bridgehead atoms. The molecule has 2 rings (SSSR count). The van der Waals surface area contributed by atoms with Crippen molar-refractivity contribution in [1.82, 2.24) is 5.43 Å². The molecule has 0 aliphatic heterocycles. The van der Waals surface area contributed by atoms with Crippen LogP contribution >= 0.6 is 0 Å². The summed E-state index contributed by atoms with van der Waals surface area (Å²) in [5.41, 5.74) is 3.09. The van der Waals surface area contributed by atoms with Crippen molar-refractivity contribution >= 4 is 0 Å². The quantitative estimate of drug-likeness (QED) is 0.669. The third kappa shape index (κ3) is 2.55. The molecule has 5 heteroatoms. The summed E-state index contributed by atoms with van der Waals surface area (Å²) in [6.45, 7) is 3.24. The maximum atomic E-state index is 14.1. The molecule has 0 aliphatic rings. The Labute approximate surface area is 115 Å². The minimum atomic E-state index is -1.09. The lowest BCUT2D eigenvalue weighted by Crippen LogP contribution is -2.31. The average molecular weight is 280 g/mol. The third-order valence-electron chi connectivity index (χ3n) is 3.24. The summed E-state index contributed by atoms with van der Waals surface area (Å²) in [7, 11) is 0. The van der Waals surface area contributed by atoms with E-state index in [-0.39, 0.29) is 16.7 Å². The SMILES string of the molecule is Cc1ccc(C(NN)c2c(F)ccc(C)c2F)c(F)c1. The van der Waals surface area contributed by atoms with Gasteiger partial charge in [0.2, 0.25) is 0 Å². The molecular weight excluding hydrogens is 265 g/mol. The molecule has 0 radical (unpaired) electrons. The Balaban J connectivity index is 2.61. The zero-order valence-electron chi connectivity index (χ0n) is 11.2. The van der Waals surface area contributed by atoms with Gasteiger partial charge in [-0.05, 0) is 37.1 Å². The zero-order valence-corrected chi connectivity index (χ0v) is 11.2. The fraction of sp³-hybridized carbons (Fsp3) is 0.200. The first-order valence-electron chi connectivity index (χ1n) is 6.12. The second-order valence-electron chi connectivity index (χ2n) is 4.72. The largest absolute Gasteiger partial charge is 0.271 e. The first-order chi connectivity index (χ1) is 9.45. The Morgan fingerprint density at radius 3 is 2.30 bits per heavy atom. The van der Waals surface area contributed by atoms with Gasteiger partial charge in [0.05, 0.1) is 6.04 Å². The number of aryl methyl sites for hydroxylation is 2. The van der Waals surface area contributed by atoms with E-state index in [4.69, 9.17) is 5.84 Å². The zero-order chi connectivity index (χ0) is 14.9. The van der Waals surface area contributed by atoms with Gasteiger partial charge in [-0.25, -0.2) is 18.6 Å². The van der Waals surface area contributed by atoms with E-state index >= 15 is 0 Å². The summed E-state index contributed by atoms with van der Waals surface area (Å²) in [5, 5.41) is 0. The minimum Gasteiger partial charge on any atom is -0.271 e. The normalized spacial score (nSPS) is 12.5. The van der Waals surface area contributed by atoms with Crippen LogP contribution in [0.2, 0.25) is 0 Å². The third-order valence-corrected chi connectivity index (χ3v) is 3.24. The fourth-order valence-corrected chi connectivity index (χ4v) is 2.14. The van der Waals surface area contributed by atoms with Crippen LogP contribution in [-0.2, 0) is 0 Å². The number of nitrogens with one attached hydrogen (secondary N) is 1. The topological polar surface area (TPSA) is 38.0 Å². The van der Waals surface area contributed by atoms with Crippen LogP contribution in [0.15, 0.2) is 30.3 Å². The number of benzene rings is 2. The maximum absolute atomic E-state index is 14.1. The van der Waals surface area contributed by atoms with Gasteiger partial charge >= 0.3 is 0 Å². The second kappa shape index (κ2) is 5.64. The number of hydrazine groups is 1. The van der Waals surface area contributed by atoms with E-state index in [0.29, 0.717) is 5.56 Å². The summed E-state index contributed by atoms with van der Waals surface area (Å²) in [6.07, 6.45) is 0. The van der Waals surface area contributed by atoms with Crippen LogP contribution in [-0.4, -0.2) is 0 Å². The molecule has 2 aromatic carbocycles. The maximum Gasteiger partial charge on any atom is 0.134 e. The van der Waals surface area contributed by atoms with Crippen molar-refractivity contribution in [3.63, 3.8) is 0 Å². The number of halogens is 3. The van der Waals surface area contributed by atoms with Crippen LogP contribution in [0.3, 0.4) is 0 Å². The van der Waals surface area contributed by atoms with E-state index in [2.05, 4.69) is 5.43 Å². The molecule has 0 spiro atoms. The number of hydrogen-bond donors (Lipinski definition) is 2. The Kier molecular flexibility index (Phi) is 4.11. The molecule has 0 saturated heterocycles. The van der Waals surface area contributed by atoms with Gasteiger partial charge in [0.15, 0.2) is 0 Å². The molecule has 2 nitrogen and oxygen atoms in total. The lowest BCUT2D eigenvalue weighted by atomic mass is 9.95. The molecule has 20 heavy (non-hydrogen) atoms. The van der Waals surface area contributed by atoms with Crippen molar-refractivity contribution in [3.05, 3.63) is 70.0 Å². The van der Waals surface area contributed by atoms with Gasteiger partial charge in [0.1, 0.15) is 17.5 Å². The van der Waals surface area contributed by atoms with Gasteiger partial charge < -0.3 is 0 Å². The number of rotatable bonds is 3. The molecule has 0 aromatic heterocycles. The van der Waals surface area contributed by atoms with E-state index in [0.717, 1.165) is 6.07 Å². The van der Waals surface area contributed by atoms with Crippen molar-refractivity contribution < 1.29 is 13.2 Å². The molecule has 0 heterocycles. The standard InChI is InChI=1S/C15H15F3N2/c1-8-3-5-10(12(17)7-8)15(20-19)13-11(16)6-4-9(2)14(13)18/h3-7,15,20H,19H2,1-2H3. The minimum absolute atomic E-state index is 0.0986. The number of hydrogen-bond acceptors (Lipinski definition) is 2. The number of nitrogens with two attached hydrogens (primary N) is 1. The Hall–Kier alpha value is -1.85. The van der Waals surface area contributed by atoms with Crippen molar-refractivity contribution in [1.29, 1.82) is 0 Å². The Morgan fingerprint density at radius 1 is 1.00 bits per heavy atom. The molecule has 2 aromatic rings. The lowest BCUT2D eigenvalue weighted by Gasteiger charge is -2.20. The van der Waals surface area contributed by atoms with Crippen LogP contribution < -0.4 is 11.3 Å². The summed E-state index contributed by atoms with van der Waals surface area (Å²) in [5.74, 6) is 3.32. The van der Waals surface area contributed by atoms with E-state index in [1.165, 1.54) is 25.1 Å². The highest BCUT2D eigenvalue weighted by atomic mass is 19.1. The van der Waals surface area contributed by atoms with E-state index in [1.54, 1.807) is 13.0 Å². The second-order valence-corrected chi connectivity index (χ2v) is 4.72. The van der Waals surface area contributed by atoms with Crippen LogP contribution in [0, 0.1) is 31.3 Å². The van der Waals surface area contributed by atoms with Crippen molar-refractivity contribution in [2.75, 3.05) is 0 Å². The predicted octanol–water partition coefficient (Wildman–Crippen LogP) is 3.27. The van der Waals surface area contributed by atoms with Gasteiger partial charge in [-0.2, -0.15) is 0 Å². The van der Waals surface area contributed by atoms with E-state index in [1.807, 2.05) is 0 Å². The monoisotopic (exact) mass is 280 g/mol. The fourth-order valence-electron chi connectivity index (χ4n) is 2.14. The highest BCUT2D eigenvalue weighted by Gasteiger charge is 2.24. The van der Waals surface area contributed by atoms with Gasteiger partial charge in [-0.1, -0.05) is 18.2 Å². The van der Waals surface area contributed by atoms with Crippen LogP contribution in [0.1, 0.15) is 28.3 Å². The van der Waals surface area contributed by atoms with E-state index < -0.39 is 23.5 Å². The van der Waals surface area contributed by atoms with Crippen molar-refractivity contribution in [2.24, 2.45) is 5.84 Å². The molecule has 1 unspecified atom stereocenters. The Morgan fingerprint density at radius 2 is 1.70 bits per heavy atom. The van der Waals surface area contributed by atoms with E-state index in [9.17, 15) is 13.2 Å². The average Bonchev–Trinajstić information content (AvgIpc) is 2.40. The summed E-state index contributed by atoms with van der Waals surface area (Å²) < 4.78 is 42.0. The van der Waals surface area contributed by atoms with Crippen molar-refractivity contribution in [3.8, 4) is 0 Å². The summed E-state index contributed by atoms with van der Waals surface area (Å²) >= 11 is 0. The molecule has 3 N–H and O–H groups in total. The van der Waals surface area contributed by atoms with Gasteiger partial charge in [-0.15, -0.1) is 0 Å². The molecule has 106 valence electrons. The predicted molar refractivity (Wildman–Crippen MR) is 71.4 cm³/mol. The highest BCUT2D eigenvalue weighted by molar-refractivity contribution is 5.38. The lowest BCUT2D eigenvalue weighted by molar-refractivity contribution is 0.492. The summed E-state index contributed by atoms with van der Waals surface area (Å²) in [6, 6.07) is 5.81. The van der Waals surface area contributed by atoms with Gasteiger partial charge in [0, 0.05) is 11.1 Å². The van der Waals surface area contributed by atoms with Gasteiger partial charge in [0.25, 0.3) is 0 Å². The smallest absolute Gasteiger partial charge is 0.134 e. The molecule has 0 saturated carbocycles. The molecule has 1 atom stereocenters. The molecule has 0 amide bonds. The summed E-state index contributed by atoms with van der Waals surface area (Å²) in [4.78, 5) is 0. The van der Waals surface area contributed by atoms with Crippen molar-refractivity contribution in [2.45, 2.75) is 19.9 Å². The first kappa shape index (κ1) is 14.6. The van der Waals surface area contributed by atoms with Crippen LogP contribution in [0.4, 0.5) is 13.2 Å².